The molecular weight excluding hydrogens is 510 g/mol. The maximum atomic E-state index is 13.1. The number of carbonyl (C=O) groups is 2. The summed E-state index contributed by atoms with van der Waals surface area (Å²) in [5.41, 5.74) is 2.12. The van der Waals surface area contributed by atoms with Crippen molar-refractivity contribution >= 4 is 40.0 Å². The van der Waals surface area contributed by atoms with Crippen LogP contribution < -0.4 is 15.4 Å². The standard InChI is InChI=1S/C30H27N5O3S/c1-2-38-24-17-15-22(16-18-24)32-28(36)20-39-30-34-33-27(35(30)23-11-4-3-5-12-23)19-31-29(37)26-14-8-10-21-9-6-7-13-25(21)26/h3-18H,2,19-20H2,1H3,(H,31,37)(H,32,36). The highest BCUT2D eigenvalue weighted by molar-refractivity contribution is 7.99. The van der Waals surface area contributed by atoms with Gasteiger partial charge in [0.1, 0.15) is 5.75 Å². The molecular formula is C30H27N5O3S. The zero-order valence-corrected chi connectivity index (χ0v) is 22.2. The van der Waals surface area contributed by atoms with Crippen molar-refractivity contribution in [3.05, 3.63) is 108 Å². The van der Waals surface area contributed by atoms with E-state index in [1.807, 2.05) is 96.4 Å². The lowest BCUT2D eigenvalue weighted by Crippen LogP contribution is -2.25. The van der Waals surface area contributed by atoms with Crippen LogP contribution in [0.15, 0.2) is 102 Å². The number of rotatable bonds is 10. The Morgan fingerprint density at radius 1 is 0.872 bits per heavy atom. The van der Waals surface area contributed by atoms with Crippen molar-refractivity contribution in [2.45, 2.75) is 18.6 Å². The van der Waals surface area contributed by atoms with Crippen molar-refractivity contribution in [1.29, 1.82) is 0 Å². The summed E-state index contributed by atoms with van der Waals surface area (Å²) in [4.78, 5) is 25.8. The van der Waals surface area contributed by atoms with E-state index in [0.29, 0.717) is 28.8 Å². The van der Waals surface area contributed by atoms with Gasteiger partial charge in [-0.1, -0.05) is 66.4 Å². The van der Waals surface area contributed by atoms with Crippen molar-refractivity contribution in [3.63, 3.8) is 0 Å². The lowest BCUT2D eigenvalue weighted by atomic mass is 10.0. The molecule has 0 aliphatic heterocycles. The van der Waals surface area contributed by atoms with Gasteiger partial charge >= 0.3 is 0 Å². The molecule has 9 heteroatoms. The molecule has 8 nitrogen and oxygen atoms in total. The molecule has 39 heavy (non-hydrogen) atoms. The number of aromatic nitrogens is 3. The van der Waals surface area contributed by atoms with E-state index in [1.54, 1.807) is 12.1 Å². The largest absolute Gasteiger partial charge is 0.494 e. The van der Waals surface area contributed by atoms with Crippen molar-refractivity contribution in [2.24, 2.45) is 0 Å². The van der Waals surface area contributed by atoms with Gasteiger partial charge in [0.05, 0.1) is 18.9 Å². The molecule has 1 aromatic heterocycles. The van der Waals surface area contributed by atoms with E-state index in [0.717, 1.165) is 22.2 Å². The van der Waals surface area contributed by atoms with Crippen LogP contribution >= 0.6 is 11.8 Å². The summed E-state index contributed by atoms with van der Waals surface area (Å²) < 4.78 is 7.31. The number of hydrogen-bond acceptors (Lipinski definition) is 6. The number of anilines is 1. The maximum absolute atomic E-state index is 13.1. The van der Waals surface area contributed by atoms with Crippen molar-refractivity contribution in [1.82, 2.24) is 20.1 Å². The Morgan fingerprint density at radius 2 is 1.62 bits per heavy atom. The summed E-state index contributed by atoms with van der Waals surface area (Å²) in [6, 6.07) is 30.3. The van der Waals surface area contributed by atoms with Gasteiger partial charge in [-0.3, -0.25) is 14.2 Å². The first kappa shape index (κ1) is 26.0. The minimum absolute atomic E-state index is 0.139. The number of ether oxygens (including phenoxy) is 1. The van der Waals surface area contributed by atoms with E-state index in [4.69, 9.17) is 4.74 Å². The van der Waals surface area contributed by atoms with Crippen LogP contribution in [0.2, 0.25) is 0 Å². The van der Waals surface area contributed by atoms with Gasteiger partial charge in [-0.2, -0.15) is 0 Å². The molecule has 196 valence electrons. The fourth-order valence-electron chi connectivity index (χ4n) is 4.15. The number of fused-ring (bicyclic) bond motifs is 1. The molecule has 2 amide bonds. The summed E-state index contributed by atoms with van der Waals surface area (Å²) in [7, 11) is 0. The summed E-state index contributed by atoms with van der Waals surface area (Å²) in [5.74, 6) is 1.08. The second-order valence-electron chi connectivity index (χ2n) is 8.57. The van der Waals surface area contributed by atoms with Gasteiger partial charge in [0, 0.05) is 16.9 Å². The second kappa shape index (κ2) is 12.3. The zero-order valence-electron chi connectivity index (χ0n) is 21.3. The van der Waals surface area contributed by atoms with Gasteiger partial charge in [-0.25, -0.2) is 0 Å². The topological polar surface area (TPSA) is 98.1 Å². The third kappa shape index (κ3) is 6.27. The van der Waals surface area contributed by atoms with Crippen LogP contribution in [0.3, 0.4) is 0 Å². The maximum Gasteiger partial charge on any atom is 0.252 e. The molecule has 0 unspecified atom stereocenters. The van der Waals surface area contributed by atoms with E-state index in [1.165, 1.54) is 11.8 Å². The molecule has 5 aromatic rings. The number of para-hydroxylation sites is 1. The molecule has 0 fully saturated rings. The van der Waals surface area contributed by atoms with E-state index in [-0.39, 0.29) is 24.1 Å². The van der Waals surface area contributed by atoms with Gasteiger partial charge in [0.2, 0.25) is 5.91 Å². The number of nitrogens with zero attached hydrogens (tertiary/aromatic N) is 3. The average Bonchev–Trinajstić information content (AvgIpc) is 3.39. The van der Waals surface area contributed by atoms with E-state index in [9.17, 15) is 9.59 Å². The van der Waals surface area contributed by atoms with Crippen LogP contribution in [-0.4, -0.2) is 38.9 Å². The number of nitrogens with one attached hydrogen (secondary N) is 2. The molecule has 0 atom stereocenters. The van der Waals surface area contributed by atoms with Gasteiger partial charge in [0.15, 0.2) is 11.0 Å². The lowest BCUT2D eigenvalue weighted by Gasteiger charge is -2.12. The third-order valence-electron chi connectivity index (χ3n) is 5.94. The van der Waals surface area contributed by atoms with E-state index >= 15 is 0 Å². The smallest absolute Gasteiger partial charge is 0.252 e. The Morgan fingerprint density at radius 3 is 2.41 bits per heavy atom. The Bertz CT molecular complexity index is 1580. The van der Waals surface area contributed by atoms with Crippen LogP contribution in [-0.2, 0) is 11.3 Å². The Balaban J connectivity index is 1.29. The average molecular weight is 538 g/mol. The second-order valence-corrected chi connectivity index (χ2v) is 9.52. The van der Waals surface area contributed by atoms with Crippen molar-refractivity contribution in [2.75, 3.05) is 17.7 Å². The number of hydrogen-bond donors (Lipinski definition) is 2. The molecule has 0 spiro atoms. The summed E-state index contributed by atoms with van der Waals surface area (Å²) >= 11 is 1.27. The first-order valence-electron chi connectivity index (χ1n) is 12.5. The highest BCUT2D eigenvalue weighted by atomic mass is 32.2. The Kier molecular flexibility index (Phi) is 8.18. The Hall–Kier alpha value is -4.63. The molecule has 0 aliphatic carbocycles. The van der Waals surface area contributed by atoms with Crippen LogP contribution in [0.1, 0.15) is 23.1 Å². The number of thioether (sulfide) groups is 1. The highest BCUT2D eigenvalue weighted by Gasteiger charge is 2.18. The molecule has 0 radical (unpaired) electrons. The molecule has 0 aliphatic rings. The van der Waals surface area contributed by atoms with E-state index in [2.05, 4.69) is 20.8 Å². The summed E-state index contributed by atoms with van der Waals surface area (Å²) in [6.07, 6.45) is 0. The first-order valence-corrected chi connectivity index (χ1v) is 13.5. The fraction of sp³-hybridized carbons (Fsp3) is 0.133. The van der Waals surface area contributed by atoms with Crippen LogP contribution in [0.25, 0.3) is 16.5 Å². The quantitative estimate of drug-likeness (QED) is 0.229. The van der Waals surface area contributed by atoms with Crippen molar-refractivity contribution < 1.29 is 14.3 Å². The molecule has 1 heterocycles. The molecule has 4 aromatic carbocycles. The highest BCUT2D eigenvalue weighted by Crippen LogP contribution is 2.23. The number of carbonyl (C=O) groups excluding carboxylic acids is 2. The zero-order chi connectivity index (χ0) is 27.0. The van der Waals surface area contributed by atoms with Gasteiger partial charge < -0.3 is 15.4 Å². The van der Waals surface area contributed by atoms with Crippen LogP contribution in [0, 0.1) is 0 Å². The molecule has 2 N–H and O–H groups in total. The minimum atomic E-state index is -0.196. The fourth-order valence-corrected chi connectivity index (χ4v) is 4.92. The molecule has 0 bridgehead atoms. The predicted octanol–water partition coefficient (Wildman–Crippen LogP) is 5.48. The molecule has 0 saturated carbocycles. The number of benzene rings is 4. The van der Waals surface area contributed by atoms with Gasteiger partial charge in [-0.15, -0.1) is 10.2 Å². The minimum Gasteiger partial charge on any atom is -0.494 e. The van der Waals surface area contributed by atoms with Crippen LogP contribution in [0.5, 0.6) is 5.75 Å². The van der Waals surface area contributed by atoms with Crippen molar-refractivity contribution in [3.8, 4) is 11.4 Å². The van der Waals surface area contributed by atoms with E-state index < -0.39 is 0 Å². The molecule has 0 saturated heterocycles. The normalized spacial score (nSPS) is 10.8. The Labute approximate surface area is 230 Å². The lowest BCUT2D eigenvalue weighted by molar-refractivity contribution is -0.113. The monoisotopic (exact) mass is 537 g/mol. The van der Waals surface area contributed by atoms with Gasteiger partial charge in [-0.05, 0) is 60.2 Å². The number of amides is 2. The summed E-state index contributed by atoms with van der Waals surface area (Å²) in [6.45, 7) is 2.67. The predicted molar refractivity (Wildman–Crippen MR) is 153 cm³/mol. The van der Waals surface area contributed by atoms with Crippen LogP contribution in [0.4, 0.5) is 5.69 Å². The summed E-state index contributed by atoms with van der Waals surface area (Å²) in [5, 5.41) is 17.0. The first-order chi connectivity index (χ1) is 19.1. The molecule has 5 rings (SSSR count). The van der Waals surface area contributed by atoms with Gasteiger partial charge in [0.25, 0.3) is 5.91 Å². The SMILES string of the molecule is CCOc1ccc(NC(=O)CSc2nnc(CNC(=O)c3cccc4ccccc34)n2-c2ccccc2)cc1. The third-order valence-corrected chi connectivity index (χ3v) is 6.87.